The maximum atomic E-state index is 11.1. The van der Waals surface area contributed by atoms with E-state index < -0.39 is 5.97 Å². The van der Waals surface area contributed by atoms with Gasteiger partial charge in [0.15, 0.2) is 0 Å². The van der Waals surface area contributed by atoms with Crippen LogP contribution in [0.15, 0.2) is 42.6 Å². The van der Waals surface area contributed by atoms with E-state index in [9.17, 15) is 4.79 Å². The third kappa shape index (κ3) is 3.63. The molecule has 98 valence electrons. The van der Waals surface area contributed by atoms with Gasteiger partial charge in [0.2, 0.25) is 0 Å². The molecule has 2 N–H and O–H groups in total. The number of aryl methyl sites for hydroxylation is 1. The molecule has 0 atom stereocenters. The number of hydrogen-bond acceptors (Lipinski definition) is 3. The Labute approximate surface area is 112 Å². The predicted molar refractivity (Wildman–Crippen MR) is 72.9 cm³/mol. The summed E-state index contributed by atoms with van der Waals surface area (Å²) in [5.74, 6) is -0.894. The molecule has 0 radical (unpaired) electrons. The molecule has 4 heteroatoms. The minimum Gasteiger partial charge on any atom is -0.478 e. The monoisotopic (exact) mass is 256 g/mol. The Hall–Kier alpha value is -2.20. The molecule has 1 aromatic carbocycles. The molecule has 19 heavy (non-hydrogen) atoms. The third-order valence-electron chi connectivity index (χ3n) is 2.86. The Balaban J connectivity index is 1.96. The fourth-order valence-corrected chi connectivity index (χ4v) is 1.83. The highest BCUT2D eigenvalue weighted by Gasteiger charge is 2.07. The lowest BCUT2D eigenvalue weighted by atomic mass is 10.1. The zero-order valence-electron chi connectivity index (χ0n) is 10.8. The fourth-order valence-electron chi connectivity index (χ4n) is 1.83. The first-order valence-electron chi connectivity index (χ1n) is 6.10. The smallest absolute Gasteiger partial charge is 0.336 e. The topological polar surface area (TPSA) is 62.2 Å². The van der Waals surface area contributed by atoms with Gasteiger partial charge in [-0.25, -0.2) is 4.79 Å². The van der Waals surface area contributed by atoms with Crippen molar-refractivity contribution in [2.24, 2.45) is 0 Å². The maximum Gasteiger partial charge on any atom is 0.336 e. The largest absolute Gasteiger partial charge is 0.478 e. The molecule has 1 aromatic heterocycles. The first-order chi connectivity index (χ1) is 9.16. The molecular formula is C15H16N2O2. The second-order valence-electron chi connectivity index (χ2n) is 4.37. The van der Waals surface area contributed by atoms with Gasteiger partial charge in [-0.15, -0.1) is 0 Å². The number of hydrogen-bond donors (Lipinski definition) is 2. The summed E-state index contributed by atoms with van der Waals surface area (Å²) < 4.78 is 0. The van der Waals surface area contributed by atoms with Gasteiger partial charge in [0.25, 0.3) is 0 Å². The van der Waals surface area contributed by atoms with Crippen molar-refractivity contribution >= 4 is 5.97 Å². The summed E-state index contributed by atoms with van der Waals surface area (Å²) in [6, 6.07) is 11.0. The lowest BCUT2D eigenvalue weighted by molar-refractivity contribution is 0.0695. The Morgan fingerprint density at radius 1 is 1.21 bits per heavy atom. The van der Waals surface area contributed by atoms with Gasteiger partial charge in [0, 0.05) is 25.0 Å². The Bertz CT molecular complexity index is 565. The van der Waals surface area contributed by atoms with Crippen LogP contribution in [0, 0.1) is 6.92 Å². The Kier molecular flexibility index (Phi) is 4.26. The van der Waals surface area contributed by atoms with Gasteiger partial charge in [-0.2, -0.15) is 0 Å². The molecule has 0 saturated heterocycles. The highest BCUT2D eigenvalue weighted by atomic mass is 16.4. The van der Waals surface area contributed by atoms with Crippen molar-refractivity contribution in [3.63, 3.8) is 0 Å². The standard InChI is InChI=1S/C15H16N2O2/c1-11-6-7-12(9-17-11)8-16-10-13-4-2-3-5-14(13)15(18)19/h2-7,9,16H,8,10H2,1H3,(H,18,19). The number of benzene rings is 1. The van der Waals surface area contributed by atoms with Crippen LogP contribution in [-0.4, -0.2) is 16.1 Å². The van der Waals surface area contributed by atoms with Crippen molar-refractivity contribution in [2.75, 3.05) is 0 Å². The van der Waals surface area contributed by atoms with Crippen molar-refractivity contribution in [2.45, 2.75) is 20.0 Å². The van der Waals surface area contributed by atoms with Crippen LogP contribution in [0.1, 0.15) is 27.2 Å². The van der Waals surface area contributed by atoms with Crippen LogP contribution in [0.4, 0.5) is 0 Å². The highest BCUT2D eigenvalue weighted by Crippen LogP contribution is 2.08. The molecule has 0 bridgehead atoms. The Morgan fingerprint density at radius 2 is 2.00 bits per heavy atom. The van der Waals surface area contributed by atoms with Crippen LogP contribution < -0.4 is 5.32 Å². The van der Waals surface area contributed by atoms with Gasteiger partial charge < -0.3 is 10.4 Å². The van der Waals surface area contributed by atoms with E-state index in [0.717, 1.165) is 16.8 Å². The molecule has 2 aromatic rings. The number of carboxylic acids is 1. The summed E-state index contributed by atoms with van der Waals surface area (Å²) >= 11 is 0. The van der Waals surface area contributed by atoms with Crippen molar-refractivity contribution in [1.82, 2.24) is 10.3 Å². The van der Waals surface area contributed by atoms with Crippen molar-refractivity contribution in [3.8, 4) is 0 Å². The second kappa shape index (κ2) is 6.11. The molecule has 0 aliphatic rings. The second-order valence-corrected chi connectivity index (χ2v) is 4.37. The van der Waals surface area contributed by atoms with Crippen LogP contribution in [0.3, 0.4) is 0 Å². The summed E-state index contributed by atoms with van der Waals surface area (Å²) in [6.07, 6.45) is 1.82. The number of pyridine rings is 1. The van der Waals surface area contributed by atoms with E-state index in [1.807, 2.05) is 37.4 Å². The van der Waals surface area contributed by atoms with Crippen LogP contribution in [0.2, 0.25) is 0 Å². The summed E-state index contributed by atoms with van der Waals surface area (Å²) in [4.78, 5) is 15.3. The van der Waals surface area contributed by atoms with Gasteiger partial charge in [-0.05, 0) is 30.2 Å². The minimum absolute atomic E-state index is 0.344. The number of rotatable bonds is 5. The first kappa shape index (κ1) is 13.2. The molecule has 0 aliphatic heterocycles. The third-order valence-corrected chi connectivity index (χ3v) is 2.86. The summed E-state index contributed by atoms with van der Waals surface area (Å²) in [5.41, 5.74) is 3.20. The molecule has 0 aliphatic carbocycles. The van der Waals surface area contributed by atoms with Gasteiger partial charge >= 0.3 is 5.97 Å². The van der Waals surface area contributed by atoms with Crippen LogP contribution in [0.25, 0.3) is 0 Å². The van der Waals surface area contributed by atoms with E-state index in [0.29, 0.717) is 18.7 Å². The lowest BCUT2D eigenvalue weighted by Crippen LogP contribution is -2.15. The number of carbonyl (C=O) groups is 1. The van der Waals surface area contributed by atoms with E-state index in [4.69, 9.17) is 5.11 Å². The van der Waals surface area contributed by atoms with E-state index >= 15 is 0 Å². The number of aromatic nitrogens is 1. The molecule has 0 unspecified atom stereocenters. The van der Waals surface area contributed by atoms with E-state index in [2.05, 4.69) is 10.3 Å². The number of carboxylic acid groups (broad SMARTS) is 1. The van der Waals surface area contributed by atoms with E-state index in [1.54, 1.807) is 12.1 Å². The van der Waals surface area contributed by atoms with E-state index in [1.165, 1.54) is 0 Å². The van der Waals surface area contributed by atoms with Crippen molar-refractivity contribution in [3.05, 3.63) is 65.0 Å². The lowest BCUT2D eigenvalue weighted by Gasteiger charge is -2.08. The number of aromatic carboxylic acids is 1. The number of nitrogens with zero attached hydrogens (tertiary/aromatic N) is 1. The first-order valence-corrected chi connectivity index (χ1v) is 6.10. The fraction of sp³-hybridized carbons (Fsp3) is 0.200. The maximum absolute atomic E-state index is 11.1. The van der Waals surface area contributed by atoms with E-state index in [-0.39, 0.29) is 0 Å². The molecular weight excluding hydrogens is 240 g/mol. The number of nitrogens with one attached hydrogen (secondary N) is 1. The van der Waals surface area contributed by atoms with Gasteiger partial charge in [0.05, 0.1) is 5.56 Å². The summed E-state index contributed by atoms with van der Waals surface area (Å²) in [7, 11) is 0. The molecule has 0 saturated carbocycles. The van der Waals surface area contributed by atoms with Crippen molar-refractivity contribution < 1.29 is 9.90 Å². The average molecular weight is 256 g/mol. The normalized spacial score (nSPS) is 10.4. The van der Waals surface area contributed by atoms with Crippen LogP contribution in [0.5, 0.6) is 0 Å². The van der Waals surface area contributed by atoms with Crippen LogP contribution >= 0.6 is 0 Å². The zero-order valence-corrected chi connectivity index (χ0v) is 10.8. The van der Waals surface area contributed by atoms with Gasteiger partial charge in [-0.3, -0.25) is 4.98 Å². The highest BCUT2D eigenvalue weighted by molar-refractivity contribution is 5.89. The summed E-state index contributed by atoms with van der Waals surface area (Å²) in [5, 5.41) is 12.3. The summed E-state index contributed by atoms with van der Waals surface area (Å²) in [6.45, 7) is 3.14. The molecule has 0 fully saturated rings. The molecule has 2 rings (SSSR count). The molecule has 4 nitrogen and oxygen atoms in total. The SMILES string of the molecule is Cc1ccc(CNCc2ccccc2C(=O)O)cn1. The van der Waals surface area contributed by atoms with Crippen molar-refractivity contribution in [1.29, 1.82) is 0 Å². The van der Waals surface area contributed by atoms with Crippen LogP contribution in [-0.2, 0) is 13.1 Å². The zero-order chi connectivity index (χ0) is 13.7. The molecule has 0 amide bonds. The Morgan fingerprint density at radius 3 is 2.68 bits per heavy atom. The molecule has 0 spiro atoms. The molecule has 1 heterocycles. The average Bonchev–Trinajstić information content (AvgIpc) is 2.41. The predicted octanol–water partition coefficient (Wildman–Crippen LogP) is 2.38. The minimum atomic E-state index is -0.894. The quantitative estimate of drug-likeness (QED) is 0.862. The van der Waals surface area contributed by atoms with Gasteiger partial charge in [-0.1, -0.05) is 24.3 Å². The van der Waals surface area contributed by atoms with Gasteiger partial charge in [0.1, 0.15) is 0 Å².